The number of anilines is 1. The van der Waals surface area contributed by atoms with Gasteiger partial charge in [-0.2, -0.15) is 0 Å². The zero-order chi connectivity index (χ0) is 13.8. The second-order valence-corrected chi connectivity index (χ2v) is 5.39. The number of nitrogens with zero attached hydrogens (tertiary/aromatic N) is 3. The molecule has 1 aliphatic rings. The highest BCUT2D eigenvalue weighted by atomic mass is 15.2. The van der Waals surface area contributed by atoms with E-state index in [2.05, 4.69) is 39.4 Å². The van der Waals surface area contributed by atoms with Crippen molar-refractivity contribution in [1.82, 2.24) is 15.3 Å². The third-order valence-electron chi connectivity index (χ3n) is 3.54. The third-order valence-corrected chi connectivity index (χ3v) is 3.54. The number of hydrogen-bond acceptors (Lipinski definition) is 4. The van der Waals surface area contributed by atoms with Gasteiger partial charge in [0, 0.05) is 44.8 Å². The Bertz CT molecular complexity index is 551. The van der Waals surface area contributed by atoms with Crippen LogP contribution in [-0.4, -0.2) is 23.1 Å². The summed E-state index contributed by atoms with van der Waals surface area (Å²) >= 11 is 0. The molecule has 0 atom stereocenters. The molecule has 0 spiro atoms. The van der Waals surface area contributed by atoms with E-state index < -0.39 is 0 Å². The van der Waals surface area contributed by atoms with Crippen LogP contribution in [0.1, 0.15) is 24.0 Å². The van der Waals surface area contributed by atoms with Gasteiger partial charge in [0.15, 0.2) is 0 Å². The fourth-order valence-electron chi connectivity index (χ4n) is 2.17. The summed E-state index contributed by atoms with van der Waals surface area (Å²) in [7, 11) is 2.07. The first-order chi connectivity index (χ1) is 9.81. The van der Waals surface area contributed by atoms with E-state index in [1.54, 1.807) is 0 Å². The summed E-state index contributed by atoms with van der Waals surface area (Å²) in [5.41, 5.74) is 2.54. The molecule has 0 aromatic carbocycles. The molecule has 1 fully saturated rings. The van der Waals surface area contributed by atoms with Crippen molar-refractivity contribution in [2.75, 3.05) is 11.9 Å². The summed E-state index contributed by atoms with van der Waals surface area (Å²) in [5.74, 6) is 1.01. The molecule has 0 unspecified atom stereocenters. The van der Waals surface area contributed by atoms with Crippen LogP contribution >= 0.6 is 0 Å². The van der Waals surface area contributed by atoms with Crippen LogP contribution < -0.4 is 10.2 Å². The maximum atomic E-state index is 4.46. The second kappa shape index (κ2) is 6.01. The molecular formula is C16H20N4. The summed E-state index contributed by atoms with van der Waals surface area (Å²) in [4.78, 5) is 10.7. The lowest BCUT2D eigenvalue weighted by Gasteiger charge is -2.19. The van der Waals surface area contributed by atoms with Gasteiger partial charge in [-0.25, -0.2) is 4.98 Å². The molecule has 1 aliphatic carbocycles. The van der Waals surface area contributed by atoms with E-state index >= 15 is 0 Å². The molecule has 2 aromatic rings. The fourth-order valence-corrected chi connectivity index (χ4v) is 2.17. The average Bonchev–Trinajstić information content (AvgIpc) is 3.31. The minimum atomic E-state index is 0.737. The standard InChI is InChI=1S/C16H20N4/c1-20(12-13-4-7-17-8-5-13)16-10-14(6-9-18-16)11-19-15-2-3-15/h4-10,15,19H,2-3,11-12H2,1H3. The molecule has 1 N–H and O–H groups in total. The van der Waals surface area contributed by atoms with Crippen molar-refractivity contribution in [1.29, 1.82) is 0 Å². The lowest BCUT2D eigenvalue weighted by atomic mass is 10.2. The van der Waals surface area contributed by atoms with Crippen molar-refractivity contribution in [3.8, 4) is 0 Å². The highest BCUT2D eigenvalue weighted by molar-refractivity contribution is 5.41. The molecule has 104 valence electrons. The van der Waals surface area contributed by atoms with Gasteiger partial charge in [0.25, 0.3) is 0 Å². The van der Waals surface area contributed by atoms with Gasteiger partial charge in [-0.15, -0.1) is 0 Å². The predicted octanol–water partition coefficient (Wildman–Crippen LogP) is 2.37. The van der Waals surface area contributed by atoms with Crippen LogP contribution in [0.4, 0.5) is 5.82 Å². The normalized spacial score (nSPS) is 14.2. The monoisotopic (exact) mass is 268 g/mol. The zero-order valence-corrected chi connectivity index (χ0v) is 11.8. The smallest absolute Gasteiger partial charge is 0.128 e. The van der Waals surface area contributed by atoms with Gasteiger partial charge in [-0.1, -0.05) is 0 Å². The summed E-state index contributed by atoms with van der Waals surface area (Å²) in [5, 5.41) is 3.53. The highest BCUT2D eigenvalue weighted by Gasteiger charge is 2.19. The molecule has 4 nitrogen and oxygen atoms in total. The summed E-state index contributed by atoms with van der Waals surface area (Å²) in [6.45, 7) is 1.78. The molecule has 0 radical (unpaired) electrons. The van der Waals surface area contributed by atoms with E-state index in [0.717, 1.165) is 24.9 Å². The van der Waals surface area contributed by atoms with Crippen LogP contribution in [0.5, 0.6) is 0 Å². The SMILES string of the molecule is CN(Cc1ccncc1)c1cc(CNC2CC2)ccn1. The van der Waals surface area contributed by atoms with Gasteiger partial charge in [-0.3, -0.25) is 4.98 Å². The molecule has 0 saturated heterocycles. The average molecular weight is 268 g/mol. The minimum absolute atomic E-state index is 0.737. The quantitative estimate of drug-likeness (QED) is 0.873. The lowest BCUT2D eigenvalue weighted by Crippen LogP contribution is -2.19. The van der Waals surface area contributed by atoms with Crippen LogP contribution in [0.3, 0.4) is 0 Å². The Labute approximate surface area is 119 Å². The maximum Gasteiger partial charge on any atom is 0.128 e. The molecule has 3 rings (SSSR count). The van der Waals surface area contributed by atoms with Gasteiger partial charge in [0.1, 0.15) is 5.82 Å². The topological polar surface area (TPSA) is 41.1 Å². The number of hydrogen-bond donors (Lipinski definition) is 1. The maximum absolute atomic E-state index is 4.46. The first kappa shape index (κ1) is 13.1. The van der Waals surface area contributed by atoms with E-state index in [9.17, 15) is 0 Å². The summed E-state index contributed by atoms with van der Waals surface area (Å²) < 4.78 is 0. The molecule has 0 aliphatic heterocycles. The molecule has 4 heteroatoms. The Morgan fingerprint density at radius 2 is 1.90 bits per heavy atom. The van der Waals surface area contributed by atoms with Crippen molar-refractivity contribution >= 4 is 5.82 Å². The minimum Gasteiger partial charge on any atom is -0.355 e. The van der Waals surface area contributed by atoms with Crippen molar-refractivity contribution in [2.24, 2.45) is 0 Å². The van der Waals surface area contributed by atoms with Crippen molar-refractivity contribution in [2.45, 2.75) is 32.0 Å². The van der Waals surface area contributed by atoms with Crippen molar-refractivity contribution in [3.63, 3.8) is 0 Å². The summed E-state index contributed by atoms with van der Waals surface area (Å²) in [6.07, 6.45) is 8.18. The largest absolute Gasteiger partial charge is 0.355 e. The molecule has 1 saturated carbocycles. The van der Waals surface area contributed by atoms with Gasteiger partial charge in [0.05, 0.1) is 0 Å². The van der Waals surface area contributed by atoms with Crippen LogP contribution in [0.25, 0.3) is 0 Å². The van der Waals surface area contributed by atoms with Crippen LogP contribution in [0.2, 0.25) is 0 Å². The van der Waals surface area contributed by atoms with Crippen LogP contribution in [-0.2, 0) is 13.1 Å². The van der Waals surface area contributed by atoms with Crippen molar-refractivity contribution < 1.29 is 0 Å². The first-order valence-corrected chi connectivity index (χ1v) is 7.09. The molecule has 2 aromatic heterocycles. The molecule has 0 bridgehead atoms. The van der Waals surface area contributed by atoms with E-state index in [1.807, 2.05) is 30.7 Å². The van der Waals surface area contributed by atoms with Crippen LogP contribution in [0, 0.1) is 0 Å². The number of rotatable bonds is 6. The molecular weight excluding hydrogens is 248 g/mol. The summed E-state index contributed by atoms with van der Waals surface area (Å²) in [6, 6.07) is 9.06. The Morgan fingerprint density at radius 1 is 1.15 bits per heavy atom. The van der Waals surface area contributed by atoms with Gasteiger partial charge in [0.2, 0.25) is 0 Å². The van der Waals surface area contributed by atoms with Gasteiger partial charge >= 0.3 is 0 Å². The van der Waals surface area contributed by atoms with E-state index in [0.29, 0.717) is 0 Å². The Kier molecular flexibility index (Phi) is 3.92. The number of pyridine rings is 2. The zero-order valence-electron chi connectivity index (χ0n) is 11.8. The predicted molar refractivity (Wildman–Crippen MR) is 80.4 cm³/mol. The van der Waals surface area contributed by atoms with Crippen molar-refractivity contribution in [3.05, 3.63) is 54.0 Å². The molecule has 2 heterocycles. The number of nitrogens with one attached hydrogen (secondary N) is 1. The fraction of sp³-hybridized carbons (Fsp3) is 0.375. The van der Waals surface area contributed by atoms with Gasteiger partial charge < -0.3 is 10.2 Å². The van der Waals surface area contributed by atoms with E-state index in [-0.39, 0.29) is 0 Å². The Hall–Kier alpha value is -1.94. The second-order valence-electron chi connectivity index (χ2n) is 5.39. The lowest BCUT2D eigenvalue weighted by molar-refractivity contribution is 0.686. The Morgan fingerprint density at radius 3 is 2.65 bits per heavy atom. The van der Waals surface area contributed by atoms with Gasteiger partial charge in [-0.05, 0) is 48.2 Å². The highest BCUT2D eigenvalue weighted by Crippen LogP contribution is 2.20. The molecule has 20 heavy (non-hydrogen) atoms. The molecule has 0 amide bonds. The number of aromatic nitrogens is 2. The third kappa shape index (κ3) is 3.54. The Balaban J connectivity index is 1.64. The van der Waals surface area contributed by atoms with E-state index in [1.165, 1.54) is 24.0 Å². The van der Waals surface area contributed by atoms with Crippen LogP contribution in [0.15, 0.2) is 42.9 Å². The first-order valence-electron chi connectivity index (χ1n) is 7.09. The van der Waals surface area contributed by atoms with E-state index in [4.69, 9.17) is 0 Å².